The molecule has 1 aromatic rings. The molecule has 1 aromatic heterocycles. The maximum absolute atomic E-state index is 11.4. The van der Waals surface area contributed by atoms with Gasteiger partial charge in [-0.1, -0.05) is 6.92 Å². The van der Waals surface area contributed by atoms with Crippen molar-refractivity contribution in [1.29, 1.82) is 0 Å². The van der Waals surface area contributed by atoms with E-state index in [2.05, 4.69) is 15.7 Å². The molecule has 2 amide bonds. The third kappa shape index (κ3) is 4.86. The second-order valence-electron chi connectivity index (χ2n) is 3.96. The zero-order valence-corrected chi connectivity index (χ0v) is 10.3. The average molecular weight is 240 g/mol. The number of carbonyl (C=O) groups excluding carboxylic acids is 1. The van der Waals surface area contributed by atoms with Crippen LogP contribution in [0.15, 0.2) is 12.4 Å². The lowest BCUT2D eigenvalue weighted by Gasteiger charge is -2.14. The number of aliphatic hydroxyl groups excluding tert-OH is 1. The molecule has 1 rings (SSSR count). The molecule has 6 nitrogen and oxygen atoms in total. The monoisotopic (exact) mass is 240 g/mol. The van der Waals surface area contributed by atoms with Gasteiger partial charge in [0.15, 0.2) is 0 Å². The second-order valence-corrected chi connectivity index (χ2v) is 3.96. The van der Waals surface area contributed by atoms with Gasteiger partial charge in [0.05, 0.1) is 18.8 Å². The second kappa shape index (κ2) is 6.90. The molecule has 6 heteroatoms. The molecule has 0 spiro atoms. The summed E-state index contributed by atoms with van der Waals surface area (Å²) in [5.74, 6) is 0. The summed E-state index contributed by atoms with van der Waals surface area (Å²) in [7, 11) is 1.86. The van der Waals surface area contributed by atoms with Crippen LogP contribution in [0.4, 0.5) is 4.79 Å². The van der Waals surface area contributed by atoms with Gasteiger partial charge < -0.3 is 15.7 Å². The molecule has 1 unspecified atom stereocenters. The summed E-state index contributed by atoms with van der Waals surface area (Å²) in [5, 5.41) is 18.4. The maximum Gasteiger partial charge on any atom is 0.315 e. The Balaban J connectivity index is 2.20. The van der Waals surface area contributed by atoms with Gasteiger partial charge in [-0.2, -0.15) is 5.10 Å². The molecule has 0 saturated heterocycles. The van der Waals surface area contributed by atoms with E-state index in [9.17, 15) is 4.79 Å². The highest BCUT2D eigenvalue weighted by molar-refractivity contribution is 5.74. The van der Waals surface area contributed by atoms with Crippen LogP contribution in [-0.4, -0.2) is 40.1 Å². The van der Waals surface area contributed by atoms with Crippen LogP contribution in [0.25, 0.3) is 0 Å². The molecule has 17 heavy (non-hydrogen) atoms. The lowest BCUT2D eigenvalue weighted by molar-refractivity contribution is 0.214. The predicted molar refractivity (Wildman–Crippen MR) is 64.6 cm³/mol. The molecule has 96 valence electrons. The summed E-state index contributed by atoms with van der Waals surface area (Å²) in [6, 6.07) is -0.414. The van der Waals surface area contributed by atoms with Crippen molar-refractivity contribution in [2.24, 2.45) is 7.05 Å². The quantitative estimate of drug-likeness (QED) is 0.656. The Morgan fingerprint density at radius 1 is 1.65 bits per heavy atom. The molecular formula is C11H20N4O2. The first kappa shape index (κ1) is 13.5. The maximum atomic E-state index is 11.4. The third-order valence-electron chi connectivity index (χ3n) is 2.51. The zero-order valence-electron chi connectivity index (χ0n) is 10.3. The number of rotatable bonds is 6. The van der Waals surface area contributed by atoms with Crippen LogP contribution < -0.4 is 10.6 Å². The number of carbonyl (C=O) groups is 1. The molecule has 3 N–H and O–H groups in total. The van der Waals surface area contributed by atoms with Crippen LogP contribution in [0.2, 0.25) is 0 Å². The average Bonchev–Trinajstić information content (AvgIpc) is 2.72. The largest absolute Gasteiger partial charge is 0.394 e. The highest BCUT2D eigenvalue weighted by Crippen LogP contribution is 1.96. The van der Waals surface area contributed by atoms with E-state index in [-0.39, 0.29) is 18.7 Å². The Morgan fingerprint density at radius 2 is 2.41 bits per heavy atom. The number of aromatic nitrogens is 2. The number of aliphatic hydroxyl groups is 1. The predicted octanol–water partition coefficient (Wildman–Crippen LogP) is 0.0327. The van der Waals surface area contributed by atoms with Gasteiger partial charge in [0.1, 0.15) is 0 Å². The number of nitrogens with one attached hydrogen (secondary N) is 2. The van der Waals surface area contributed by atoms with Gasteiger partial charge >= 0.3 is 6.03 Å². The molecule has 0 fully saturated rings. The smallest absolute Gasteiger partial charge is 0.315 e. The molecule has 0 aromatic carbocycles. The Kier molecular flexibility index (Phi) is 5.48. The van der Waals surface area contributed by atoms with E-state index in [0.717, 1.165) is 12.0 Å². The molecular weight excluding hydrogens is 220 g/mol. The molecule has 0 aliphatic rings. The summed E-state index contributed by atoms with van der Waals surface area (Å²) in [4.78, 5) is 11.4. The van der Waals surface area contributed by atoms with Crippen LogP contribution in [0.5, 0.6) is 0 Å². The first-order chi connectivity index (χ1) is 8.15. The number of nitrogens with zero attached hydrogens (tertiary/aromatic N) is 2. The standard InChI is InChI=1S/C11H20N4O2/c1-3-10(8-16)14-11(17)12-5-4-9-6-13-15(2)7-9/h6-7,10,16H,3-5,8H2,1-2H3,(H2,12,14,17). The van der Waals surface area contributed by atoms with E-state index in [4.69, 9.17) is 5.11 Å². The summed E-state index contributed by atoms with van der Waals surface area (Å²) in [6.45, 7) is 2.43. The van der Waals surface area contributed by atoms with Crippen molar-refractivity contribution in [2.75, 3.05) is 13.2 Å². The van der Waals surface area contributed by atoms with Crippen molar-refractivity contribution in [3.63, 3.8) is 0 Å². The number of amides is 2. The molecule has 1 heterocycles. The Bertz CT molecular complexity index is 347. The van der Waals surface area contributed by atoms with Crippen molar-refractivity contribution >= 4 is 6.03 Å². The highest BCUT2D eigenvalue weighted by Gasteiger charge is 2.07. The number of aryl methyl sites for hydroxylation is 1. The molecule has 0 radical (unpaired) electrons. The van der Waals surface area contributed by atoms with E-state index in [1.807, 2.05) is 20.2 Å². The first-order valence-electron chi connectivity index (χ1n) is 5.78. The summed E-state index contributed by atoms with van der Waals surface area (Å²) >= 11 is 0. The van der Waals surface area contributed by atoms with Crippen molar-refractivity contribution < 1.29 is 9.90 Å². The van der Waals surface area contributed by atoms with Gasteiger partial charge in [-0.25, -0.2) is 4.79 Å². The van der Waals surface area contributed by atoms with Gasteiger partial charge in [0.2, 0.25) is 0 Å². The van der Waals surface area contributed by atoms with E-state index >= 15 is 0 Å². The van der Waals surface area contributed by atoms with Crippen LogP contribution in [0.3, 0.4) is 0 Å². The van der Waals surface area contributed by atoms with Gasteiger partial charge in [-0.15, -0.1) is 0 Å². The Labute approximate surface area is 101 Å². The van der Waals surface area contributed by atoms with E-state index in [0.29, 0.717) is 13.0 Å². The van der Waals surface area contributed by atoms with Gasteiger partial charge in [-0.05, 0) is 18.4 Å². The zero-order chi connectivity index (χ0) is 12.7. The van der Waals surface area contributed by atoms with Gasteiger partial charge in [0, 0.05) is 19.8 Å². The van der Waals surface area contributed by atoms with Crippen molar-refractivity contribution in [3.8, 4) is 0 Å². The molecule has 0 aliphatic heterocycles. The summed E-state index contributed by atoms with van der Waals surface area (Å²) < 4.78 is 1.73. The van der Waals surface area contributed by atoms with Crippen LogP contribution in [-0.2, 0) is 13.5 Å². The molecule has 1 atom stereocenters. The highest BCUT2D eigenvalue weighted by atomic mass is 16.3. The van der Waals surface area contributed by atoms with Crippen molar-refractivity contribution in [3.05, 3.63) is 18.0 Å². The minimum absolute atomic E-state index is 0.0352. The SMILES string of the molecule is CCC(CO)NC(=O)NCCc1cnn(C)c1. The summed E-state index contributed by atoms with van der Waals surface area (Å²) in [6.07, 6.45) is 5.16. The normalized spacial score (nSPS) is 12.2. The van der Waals surface area contributed by atoms with E-state index in [1.165, 1.54) is 0 Å². The molecule has 0 saturated carbocycles. The lowest BCUT2D eigenvalue weighted by Crippen LogP contribution is -2.44. The van der Waals surface area contributed by atoms with E-state index in [1.54, 1.807) is 10.9 Å². The number of hydrogen-bond acceptors (Lipinski definition) is 3. The van der Waals surface area contributed by atoms with Gasteiger partial charge in [-0.3, -0.25) is 4.68 Å². The fraction of sp³-hybridized carbons (Fsp3) is 0.636. The number of hydrogen-bond donors (Lipinski definition) is 3. The number of urea groups is 1. The fourth-order valence-corrected chi connectivity index (χ4v) is 1.43. The van der Waals surface area contributed by atoms with Gasteiger partial charge in [0.25, 0.3) is 0 Å². The first-order valence-corrected chi connectivity index (χ1v) is 5.78. The van der Waals surface area contributed by atoms with Crippen LogP contribution in [0, 0.1) is 0 Å². The fourth-order valence-electron chi connectivity index (χ4n) is 1.43. The molecule has 0 aliphatic carbocycles. The molecule has 0 bridgehead atoms. The van der Waals surface area contributed by atoms with E-state index < -0.39 is 0 Å². The Hall–Kier alpha value is -1.56. The lowest BCUT2D eigenvalue weighted by atomic mass is 10.2. The topological polar surface area (TPSA) is 79.2 Å². The minimum atomic E-state index is -0.241. The third-order valence-corrected chi connectivity index (χ3v) is 2.51. The Morgan fingerprint density at radius 3 is 2.94 bits per heavy atom. The van der Waals surface area contributed by atoms with Crippen molar-refractivity contribution in [2.45, 2.75) is 25.8 Å². The summed E-state index contributed by atoms with van der Waals surface area (Å²) in [5.41, 5.74) is 1.09. The van der Waals surface area contributed by atoms with Crippen LogP contribution in [0.1, 0.15) is 18.9 Å². The minimum Gasteiger partial charge on any atom is -0.394 e. The van der Waals surface area contributed by atoms with Crippen molar-refractivity contribution in [1.82, 2.24) is 20.4 Å². The van der Waals surface area contributed by atoms with Crippen LogP contribution >= 0.6 is 0 Å².